The number of ketones is 1. The Bertz CT molecular complexity index is 885. The van der Waals surface area contributed by atoms with Gasteiger partial charge >= 0.3 is 5.97 Å². The average molecular weight is 376 g/mol. The first-order valence-corrected chi connectivity index (χ1v) is 9.11. The van der Waals surface area contributed by atoms with Crippen LogP contribution in [-0.4, -0.2) is 39.8 Å². The smallest absolute Gasteiger partial charge is 0.316 e. The third kappa shape index (κ3) is 4.41. The van der Waals surface area contributed by atoms with Crippen molar-refractivity contribution in [1.29, 1.82) is 10.7 Å². The molecule has 2 rings (SSSR count). The fourth-order valence-electron chi connectivity index (χ4n) is 2.07. The van der Waals surface area contributed by atoms with Gasteiger partial charge in [0.05, 0.1) is 11.8 Å². The van der Waals surface area contributed by atoms with Crippen molar-refractivity contribution in [2.45, 2.75) is 25.8 Å². The highest BCUT2D eigenvalue weighted by molar-refractivity contribution is 8.00. The van der Waals surface area contributed by atoms with Crippen molar-refractivity contribution in [3.8, 4) is 6.07 Å². The van der Waals surface area contributed by atoms with E-state index in [1.807, 2.05) is 13.8 Å². The molecule has 0 saturated heterocycles. The maximum absolute atomic E-state index is 11.9. The zero-order valence-electron chi connectivity index (χ0n) is 14.0. The molecular formula is C16H16N4O3S2. The van der Waals surface area contributed by atoms with Gasteiger partial charge in [0, 0.05) is 16.0 Å². The second kappa shape index (κ2) is 8.18. The number of ether oxygens (including phenoxy) is 1. The third-order valence-corrected chi connectivity index (χ3v) is 5.60. The van der Waals surface area contributed by atoms with Crippen LogP contribution in [0.3, 0.4) is 0 Å². The van der Waals surface area contributed by atoms with E-state index in [2.05, 4.69) is 9.97 Å². The highest BCUT2D eigenvalue weighted by Gasteiger charge is 2.21. The Balaban J connectivity index is 1.96. The number of esters is 1. The minimum Gasteiger partial charge on any atom is -0.457 e. The third-order valence-electron chi connectivity index (χ3n) is 3.52. The van der Waals surface area contributed by atoms with E-state index >= 15 is 0 Å². The van der Waals surface area contributed by atoms with Crippen molar-refractivity contribution in [3.05, 3.63) is 16.8 Å². The van der Waals surface area contributed by atoms with Crippen LogP contribution in [0.5, 0.6) is 0 Å². The number of carbonyl (C=O) groups excluding carboxylic acids is 2. The number of aryl methyl sites for hydroxylation is 2. The van der Waals surface area contributed by atoms with Crippen LogP contribution in [0.2, 0.25) is 0 Å². The lowest BCUT2D eigenvalue weighted by molar-refractivity contribution is -0.145. The SMILES string of the molecule is CC(=N)[C@H](C#N)C(=O)COC(=O)CSc1ncnc2sc(C)c(C)c12. The molecule has 0 fully saturated rings. The summed E-state index contributed by atoms with van der Waals surface area (Å²) in [5, 5.41) is 17.8. The predicted molar refractivity (Wildman–Crippen MR) is 96.1 cm³/mol. The van der Waals surface area contributed by atoms with E-state index in [4.69, 9.17) is 15.4 Å². The van der Waals surface area contributed by atoms with Gasteiger partial charge in [-0.2, -0.15) is 5.26 Å². The van der Waals surface area contributed by atoms with Crippen LogP contribution in [-0.2, 0) is 14.3 Å². The van der Waals surface area contributed by atoms with Gasteiger partial charge in [-0.15, -0.1) is 11.3 Å². The molecule has 7 nitrogen and oxygen atoms in total. The van der Waals surface area contributed by atoms with Crippen molar-refractivity contribution in [2.24, 2.45) is 5.92 Å². The standard InChI is InChI=1S/C16H16N4O3S2/c1-8-10(3)25-16-14(8)15(19-7-20-16)24-6-13(22)23-5-12(21)11(4-17)9(2)18/h7,11,18H,5-6H2,1-3H3/t11-/m0/s1. The van der Waals surface area contributed by atoms with Gasteiger partial charge in [-0.3, -0.25) is 9.59 Å². The first-order valence-electron chi connectivity index (χ1n) is 7.31. The van der Waals surface area contributed by atoms with Gasteiger partial charge in [-0.05, 0) is 26.3 Å². The van der Waals surface area contributed by atoms with Crippen LogP contribution in [0, 0.1) is 36.5 Å². The molecule has 0 amide bonds. The summed E-state index contributed by atoms with van der Waals surface area (Å²) in [6.07, 6.45) is 1.46. The summed E-state index contributed by atoms with van der Waals surface area (Å²) >= 11 is 2.79. The predicted octanol–water partition coefficient (Wildman–Crippen LogP) is 2.69. The second-order valence-corrected chi connectivity index (χ2v) is 7.47. The Morgan fingerprint density at radius 1 is 1.44 bits per heavy atom. The molecule has 0 aliphatic rings. The summed E-state index contributed by atoms with van der Waals surface area (Å²) in [5.74, 6) is -2.34. The topological polar surface area (TPSA) is 117 Å². The molecule has 0 aromatic carbocycles. The molecule has 25 heavy (non-hydrogen) atoms. The number of hydrogen-bond acceptors (Lipinski definition) is 9. The fraction of sp³-hybridized carbons (Fsp3) is 0.375. The maximum atomic E-state index is 11.9. The Labute approximate surface area is 152 Å². The lowest BCUT2D eigenvalue weighted by atomic mass is 10.0. The molecule has 0 radical (unpaired) electrons. The molecule has 2 aromatic rings. The number of carbonyl (C=O) groups is 2. The number of thioether (sulfide) groups is 1. The zero-order valence-corrected chi connectivity index (χ0v) is 15.6. The Morgan fingerprint density at radius 2 is 2.16 bits per heavy atom. The lowest BCUT2D eigenvalue weighted by Gasteiger charge is -2.07. The van der Waals surface area contributed by atoms with E-state index in [1.54, 1.807) is 17.4 Å². The average Bonchev–Trinajstić information content (AvgIpc) is 2.86. The van der Waals surface area contributed by atoms with Crippen LogP contribution in [0.15, 0.2) is 11.4 Å². The summed E-state index contributed by atoms with van der Waals surface area (Å²) in [5.41, 5.74) is 1.02. The van der Waals surface area contributed by atoms with Crippen molar-refractivity contribution in [3.63, 3.8) is 0 Å². The monoisotopic (exact) mass is 376 g/mol. The first-order chi connectivity index (χ1) is 11.8. The minimum atomic E-state index is -1.17. The number of nitrogens with one attached hydrogen (secondary N) is 1. The molecule has 2 aromatic heterocycles. The highest BCUT2D eigenvalue weighted by Crippen LogP contribution is 2.34. The van der Waals surface area contributed by atoms with Crippen molar-refractivity contribution in [2.75, 3.05) is 12.4 Å². The largest absolute Gasteiger partial charge is 0.457 e. The molecule has 0 aliphatic heterocycles. The Morgan fingerprint density at radius 3 is 2.80 bits per heavy atom. The lowest BCUT2D eigenvalue weighted by Crippen LogP contribution is -2.26. The van der Waals surface area contributed by atoms with Gasteiger partial charge in [-0.25, -0.2) is 9.97 Å². The molecule has 0 saturated carbocycles. The van der Waals surface area contributed by atoms with Gasteiger partial charge in [0.15, 0.2) is 12.4 Å². The number of thiophene rings is 1. The van der Waals surface area contributed by atoms with Gasteiger partial charge in [0.2, 0.25) is 0 Å². The molecule has 9 heteroatoms. The van der Waals surface area contributed by atoms with Crippen LogP contribution >= 0.6 is 23.1 Å². The van der Waals surface area contributed by atoms with Gasteiger partial charge in [0.25, 0.3) is 0 Å². The van der Waals surface area contributed by atoms with E-state index in [0.29, 0.717) is 5.03 Å². The number of nitrogens with zero attached hydrogens (tertiary/aromatic N) is 3. The van der Waals surface area contributed by atoms with E-state index in [1.165, 1.54) is 25.0 Å². The number of rotatable bonds is 7. The Kier molecular flexibility index (Phi) is 6.22. The van der Waals surface area contributed by atoms with Crippen LogP contribution in [0.1, 0.15) is 17.4 Å². The van der Waals surface area contributed by atoms with Crippen molar-refractivity contribution in [1.82, 2.24) is 9.97 Å². The molecule has 0 aliphatic carbocycles. The molecule has 2 heterocycles. The first kappa shape index (κ1) is 19.0. The minimum absolute atomic E-state index is 0.00544. The van der Waals surface area contributed by atoms with Gasteiger partial charge in [0.1, 0.15) is 22.1 Å². The summed E-state index contributed by atoms with van der Waals surface area (Å²) < 4.78 is 4.91. The van der Waals surface area contributed by atoms with Crippen molar-refractivity contribution >= 4 is 50.8 Å². The molecule has 0 spiro atoms. The molecule has 1 atom stereocenters. The molecule has 1 N–H and O–H groups in total. The highest BCUT2D eigenvalue weighted by atomic mass is 32.2. The van der Waals surface area contributed by atoms with Gasteiger partial charge < -0.3 is 10.1 Å². The normalized spacial score (nSPS) is 11.8. The van der Waals surface area contributed by atoms with E-state index in [9.17, 15) is 9.59 Å². The van der Waals surface area contributed by atoms with Gasteiger partial charge in [-0.1, -0.05) is 11.8 Å². The number of nitriles is 1. The molecule has 0 bridgehead atoms. The summed E-state index contributed by atoms with van der Waals surface area (Å²) in [4.78, 5) is 34.1. The number of hydrogen-bond donors (Lipinski definition) is 1. The van der Waals surface area contributed by atoms with E-state index in [0.717, 1.165) is 20.7 Å². The summed E-state index contributed by atoms with van der Waals surface area (Å²) in [6.45, 7) is 4.85. The van der Waals surface area contributed by atoms with E-state index in [-0.39, 0.29) is 11.5 Å². The van der Waals surface area contributed by atoms with Crippen molar-refractivity contribution < 1.29 is 14.3 Å². The van der Waals surface area contributed by atoms with Crippen LogP contribution < -0.4 is 0 Å². The Hall–Kier alpha value is -2.31. The second-order valence-electron chi connectivity index (χ2n) is 5.30. The summed E-state index contributed by atoms with van der Waals surface area (Å²) in [6, 6.07) is 1.73. The number of Topliss-reactive ketones (excluding diaryl/α,β-unsaturated/α-hetero) is 1. The quantitative estimate of drug-likeness (QED) is 0.342. The fourth-order valence-corrected chi connectivity index (χ4v) is 3.99. The van der Waals surface area contributed by atoms with Crippen LogP contribution in [0.25, 0.3) is 10.2 Å². The number of aromatic nitrogens is 2. The summed E-state index contributed by atoms with van der Waals surface area (Å²) in [7, 11) is 0. The zero-order chi connectivity index (χ0) is 18.6. The maximum Gasteiger partial charge on any atom is 0.316 e. The molecular weight excluding hydrogens is 360 g/mol. The molecule has 130 valence electrons. The number of fused-ring (bicyclic) bond motifs is 1. The van der Waals surface area contributed by atoms with E-state index < -0.39 is 24.3 Å². The molecule has 0 unspecified atom stereocenters. The van der Waals surface area contributed by atoms with Crippen LogP contribution in [0.4, 0.5) is 0 Å².